The Kier molecular flexibility index (Phi) is 7.81. The molecule has 33 heavy (non-hydrogen) atoms. The monoisotopic (exact) mass is 477 g/mol. The Balaban J connectivity index is 1.48. The molecule has 0 spiro atoms. The predicted molar refractivity (Wildman–Crippen MR) is 135 cm³/mol. The number of nitrogens with zero attached hydrogens (tertiary/aromatic N) is 2. The Labute approximate surface area is 202 Å². The van der Waals surface area contributed by atoms with Gasteiger partial charge in [0.15, 0.2) is 5.17 Å². The second-order valence-corrected chi connectivity index (χ2v) is 9.28. The molecule has 0 aromatic heterocycles. The van der Waals surface area contributed by atoms with Crippen LogP contribution < -0.4 is 5.32 Å². The summed E-state index contributed by atoms with van der Waals surface area (Å²) in [6, 6.07) is 26.8. The first-order valence-electron chi connectivity index (χ1n) is 10.8. The average Bonchev–Trinajstić information content (AvgIpc) is 2.83. The van der Waals surface area contributed by atoms with E-state index in [1.165, 1.54) is 11.8 Å². The van der Waals surface area contributed by atoms with E-state index in [0.717, 1.165) is 23.2 Å². The van der Waals surface area contributed by atoms with Gasteiger partial charge in [-0.3, -0.25) is 14.5 Å². The quantitative estimate of drug-likeness (QED) is 0.507. The maximum atomic E-state index is 13.1. The first-order chi connectivity index (χ1) is 16.1. The number of thioether (sulfide) groups is 1. The first-order valence-corrected chi connectivity index (χ1v) is 12.0. The summed E-state index contributed by atoms with van der Waals surface area (Å²) in [6.07, 6.45) is 0.870. The average molecular weight is 478 g/mol. The van der Waals surface area contributed by atoms with Crippen molar-refractivity contribution in [2.45, 2.75) is 24.6 Å². The Morgan fingerprint density at radius 1 is 0.970 bits per heavy atom. The fourth-order valence-corrected chi connectivity index (χ4v) is 4.72. The van der Waals surface area contributed by atoms with Crippen molar-refractivity contribution in [2.24, 2.45) is 4.99 Å². The Bertz CT molecular complexity index is 1120. The van der Waals surface area contributed by atoms with Crippen LogP contribution >= 0.6 is 23.4 Å². The number of carbonyl (C=O) groups excluding carboxylic acids is 2. The molecule has 168 valence electrons. The van der Waals surface area contributed by atoms with Gasteiger partial charge in [0.05, 0.1) is 17.5 Å². The summed E-state index contributed by atoms with van der Waals surface area (Å²) in [5.41, 5.74) is 2.84. The van der Waals surface area contributed by atoms with Crippen molar-refractivity contribution in [3.63, 3.8) is 0 Å². The molecule has 1 N–H and O–H groups in total. The minimum atomic E-state index is -0.516. The Morgan fingerprint density at radius 2 is 1.64 bits per heavy atom. The molecule has 1 atom stereocenters. The number of para-hydroxylation sites is 1. The molecule has 2 amide bonds. The van der Waals surface area contributed by atoms with Crippen LogP contribution in [0.1, 0.15) is 17.5 Å². The molecule has 4 rings (SSSR count). The van der Waals surface area contributed by atoms with Gasteiger partial charge in [0.25, 0.3) is 0 Å². The third-order valence-corrected chi connectivity index (χ3v) is 6.66. The van der Waals surface area contributed by atoms with Crippen LogP contribution in [-0.2, 0) is 22.6 Å². The molecule has 0 saturated carbocycles. The van der Waals surface area contributed by atoms with E-state index in [2.05, 4.69) is 5.32 Å². The SMILES string of the molecule is O=C(NCCc1ccccc1)[C@@H]1CC(=O)N(Cc2ccc(Cl)cc2)C(=Nc2ccccc2)S1. The number of rotatable bonds is 7. The van der Waals surface area contributed by atoms with Gasteiger partial charge in [-0.15, -0.1) is 0 Å². The normalized spacial score (nSPS) is 17.2. The fraction of sp³-hybridized carbons (Fsp3) is 0.192. The lowest BCUT2D eigenvalue weighted by Crippen LogP contribution is -2.46. The molecule has 1 aliphatic rings. The summed E-state index contributed by atoms with van der Waals surface area (Å²) in [6.45, 7) is 0.894. The lowest BCUT2D eigenvalue weighted by Gasteiger charge is -2.32. The molecule has 0 radical (unpaired) electrons. The molecule has 3 aromatic carbocycles. The van der Waals surface area contributed by atoms with Gasteiger partial charge in [-0.1, -0.05) is 84.0 Å². The molecular weight excluding hydrogens is 454 g/mol. The van der Waals surface area contributed by atoms with Crippen LogP contribution in [0.15, 0.2) is 89.9 Å². The van der Waals surface area contributed by atoms with Crippen molar-refractivity contribution < 1.29 is 9.59 Å². The van der Waals surface area contributed by atoms with E-state index in [1.54, 1.807) is 17.0 Å². The van der Waals surface area contributed by atoms with Crippen LogP contribution in [0, 0.1) is 0 Å². The minimum Gasteiger partial charge on any atom is -0.355 e. The highest BCUT2D eigenvalue weighted by atomic mass is 35.5. The smallest absolute Gasteiger partial charge is 0.234 e. The van der Waals surface area contributed by atoms with Crippen molar-refractivity contribution in [3.8, 4) is 0 Å². The molecule has 3 aromatic rings. The minimum absolute atomic E-state index is 0.124. The van der Waals surface area contributed by atoms with Crippen LogP contribution in [-0.4, -0.2) is 33.7 Å². The van der Waals surface area contributed by atoms with E-state index in [-0.39, 0.29) is 18.2 Å². The summed E-state index contributed by atoms with van der Waals surface area (Å²) in [5, 5.41) is 3.63. The van der Waals surface area contributed by atoms with E-state index in [0.29, 0.717) is 23.3 Å². The Morgan fingerprint density at radius 3 is 2.33 bits per heavy atom. The van der Waals surface area contributed by atoms with E-state index < -0.39 is 5.25 Å². The van der Waals surface area contributed by atoms with Crippen molar-refractivity contribution in [1.82, 2.24) is 10.2 Å². The van der Waals surface area contributed by atoms with Crippen LogP contribution in [0.2, 0.25) is 5.02 Å². The summed E-state index contributed by atoms with van der Waals surface area (Å²) in [5.74, 6) is -0.266. The number of amides is 2. The number of nitrogens with one attached hydrogen (secondary N) is 1. The van der Waals surface area contributed by atoms with Gasteiger partial charge in [-0.25, -0.2) is 4.99 Å². The predicted octanol–water partition coefficient (Wildman–Crippen LogP) is 5.22. The lowest BCUT2D eigenvalue weighted by molar-refractivity contribution is -0.130. The zero-order valence-electron chi connectivity index (χ0n) is 18.0. The highest BCUT2D eigenvalue weighted by Gasteiger charge is 2.35. The maximum Gasteiger partial charge on any atom is 0.234 e. The summed E-state index contributed by atoms with van der Waals surface area (Å²) >= 11 is 7.33. The molecule has 1 aliphatic heterocycles. The molecular formula is C26H24ClN3O2S. The van der Waals surface area contributed by atoms with Crippen LogP contribution in [0.3, 0.4) is 0 Å². The number of hydrogen-bond donors (Lipinski definition) is 1. The largest absolute Gasteiger partial charge is 0.355 e. The van der Waals surface area contributed by atoms with E-state index in [4.69, 9.17) is 16.6 Å². The first kappa shape index (κ1) is 23.1. The van der Waals surface area contributed by atoms with E-state index in [9.17, 15) is 9.59 Å². The summed E-state index contributed by atoms with van der Waals surface area (Å²) < 4.78 is 0. The molecule has 1 heterocycles. The van der Waals surface area contributed by atoms with Crippen LogP contribution in [0.4, 0.5) is 5.69 Å². The van der Waals surface area contributed by atoms with Crippen molar-refractivity contribution in [3.05, 3.63) is 101 Å². The van der Waals surface area contributed by atoms with Crippen molar-refractivity contribution >= 4 is 46.0 Å². The van der Waals surface area contributed by atoms with Gasteiger partial charge < -0.3 is 5.32 Å². The molecule has 0 aliphatic carbocycles. The standard InChI is InChI=1S/C26H24ClN3O2S/c27-21-13-11-20(12-14-21)18-30-24(31)17-23(33-26(30)29-22-9-5-2-6-10-22)25(32)28-16-15-19-7-3-1-4-8-19/h1-14,23H,15-18H2,(H,28,32)/t23-/m0/s1. The zero-order valence-corrected chi connectivity index (χ0v) is 19.6. The fourth-order valence-electron chi connectivity index (χ4n) is 3.47. The highest BCUT2D eigenvalue weighted by Crippen LogP contribution is 2.30. The summed E-state index contributed by atoms with van der Waals surface area (Å²) in [7, 11) is 0. The van der Waals surface area contributed by atoms with Gasteiger partial charge in [0, 0.05) is 18.0 Å². The molecule has 0 bridgehead atoms. The molecule has 1 saturated heterocycles. The van der Waals surface area contributed by atoms with Crippen LogP contribution in [0.25, 0.3) is 0 Å². The number of carbonyl (C=O) groups is 2. The third-order valence-electron chi connectivity index (χ3n) is 5.22. The maximum absolute atomic E-state index is 13.1. The molecule has 5 nitrogen and oxygen atoms in total. The van der Waals surface area contributed by atoms with Gasteiger partial charge in [0.1, 0.15) is 0 Å². The van der Waals surface area contributed by atoms with Gasteiger partial charge in [-0.2, -0.15) is 0 Å². The number of aliphatic imine (C=N–C) groups is 1. The molecule has 7 heteroatoms. The highest BCUT2D eigenvalue weighted by molar-refractivity contribution is 8.15. The number of amidine groups is 1. The number of halogens is 1. The third kappa shape index (κ3) is 6.46. The second-order valence-electron chi connectivity index (χ2n) is 7.67. The number of hydrogen-bond acceptors (Lipinski definition) is 4. The van der Waals surface area contributed by atoms with E-state index in [1.807, 2.05) is 72.8 Å². The van der Waals surface area contributed by atoms with Crippen molar-refractivity contribution in [2.75, 3.05) is 6.54 Å². The topological polar surface area (TPSA) is 61.8 Å². The number of benzene rings is 3. The second kappa shape index (κ2) is 11.2. The summed E-state index contributed by atoms with van der Waals surface area (Å²) in [4.78, 5) is 32.3. The van der Waals surface area contributed by atoms with Gasteiger partial charge in [0.2, 0.25) is 11.8 Å². The zero-order chi connectivity index (χ0) is 23.0. The Hall–Kier alpha value is -3.09. The molecule has 0 unspecified atom stereocenters. The van der Waals surface area contributed by atoms with E-state index >= 15 is 0 Å². The van der Waals surface area contributed by atoms with Gasteiger partial charge >= 0.3 is 0 Å². The van der Waals surface area contributed by atoms with Gasteiger partial charge in [-0.05, 0) is 41.8 Å². The molecule has 1 fully saturated rings. The van der Waals surface area contributed by atoms with Crippen LogP contribution in [0.5, 0.6) is 0 Å². The van der Waals surface area contributed by atoms with Crippen molar-refractivity contribution in [1.29, 1.82) is 0 Å². The lowest BCUT2D eigenvalue weighted by atomic mass is 10.1.